The first-order valence-corrected chi connectivity index (χ1v) is 6.58. The number of anilines is 1. The normalized spacial score (nSPS) is 11.7. The van der Waals surface area contributed by atoms with E-state index in [1.54, 1.807) is 32.3 Å². The van der Waals surface area contributed by atoms with Crippen molar-refractivity contribution in [1.29, 1.82) is 5.26 Å². The molecule has 0 aliphatic rings. The molecule has 0 aliphatic heterocycles. The number of hydrogen-bond acceptors (Lipinski definition) is 4. The van der Waals surface area contributed by atoms with Gasteiger partial charge in [-0.15, -0.1) is 0 Å². The van der Waals surface area contributed by atoms with Crippen LogP contribution in [0.2, 0.25) is 0 Å². The fourth-order valence-electron chi connectivity index (χ4n) is 2.45. The zero-order chi connectivity index (χ0) is 16.8. The van der Waals surface area contributed by atoms with Crippen LogP contribution in [-0.2, 0) is 6.18 Å². The van der Waals surface area contributed by atoms with Crippen LogP contribution in [0.5, 0.6) is 0 Å². The lowest BCUT2D eigenvalue weighted by Gasteiger charge is -2.18. The van der Waals surface area contributed by atoms with Gasteiger partial charge in [0.15, 0.2) is 5.69 Å². The molecule has 3 heterocycles. The minimum atomic E-state index is -4.72. The molecule has 0 fully saturated rings. The standard InChI is InChI=1S/C15H11F3N4O/c1-22(2)13-8(7-19)14(15(16,17)18)21-10-6-9(20-12(10)13)11-4-3-5-23-11/h3-6,20H,1-2H3. The smallest absolute Gasteiger partial charge is 0.434 e. The molecular weight excluding hydrogens is 309 g/mol. The summed E-state index contributed by atoms with van der Waals surface area (Å²) in [5, 5.41) is 9.21. The Bertz CT molecular complexity index is 902. The van der Waals surface area contributed by atoms with Gasteiger partial charge in [0.2, 0.25) is 0 Å². The number of alkyl halides is 3. The van der Waals surface area contributed by atoms with Crippen LogP contribution in [0.25, 0.3) is 22.5 Å². The SMILES string of the molecule is CN(C)c1c(C#N)c(C(F)(F)F)nc2cc(-c3ccco3)[nH]c12. The summed E-state index contributed by atoms with van der Waals surface area (Å²) < 4.78 is 44.9. The average molecular weight is 320 g/mol. The number of H-pyrrole nitrogens is 1. The predicted molar refractivity (Wildman–Crippen MR) is 77.8 cm³/mol. The molecule has 1 N–H and O–H groups in total. The molecule has 0 amide bonds. The van der Waals surface area contributed by atoms with Crippen molar-refractivity contribution < 1.29 is 17.6 Å². The Morgan fingerprint density at radius 1 is 1.35 bits per heavy atom. The van der Waals surface area contributed by atoms with E-state index >= 15 is 0 Å². The van der Waals surface area contributed by atoms with E-state index in [4.69, 9.17) is 4.42 Å². The number of nitrogens with one attached hydrogen (secondary N) is 1. The second-order valence-corrected chi connectivity index (χ2v) is 5.11. The minimum absolute atomic E-state index is 0.117. The molecule has 0 bridgehead atoms. The highest BCUT2D eigenvalue weighted by Gasteiger charge is 2.38. The molecule has 3 aromatic heterocycles. The van der Waals surface area contributed by atoms with Crippen LogP contribution in [0.3, 0.4) is 0 Å². The van der Waals surface area contributed by atoms with E-state index in [2.05, 4.69) is 9.97 Å². The maximum absolute atomic E-state index is 13.2. The molecule has 118 valence electrons. The summed E-state index contributed by atoms with van der Waals surface area (Å²) in [6.45, 7) is 0. The van der Waals surface area contributed by atoms with Crippen LogP contribution < -0.4 is 4.90 Å². The van der Waals surface area contributed by atoms with Gasteiger partial charge in [0.25, 0.3) is 0 Å². The zero-order valence-electron chi connectivity index (χ0n) is 12.2. The van der Waals surface area contributed by atoms with Gasteiger partial charge in [-0.25, -0.2) is 4.98 Å². The number of aromatic nitrogens is 2. The number of rotatable bonds is 2. The molecule has 0 aliphatic carbocycles. The number of halogens is 3. The van der Waals surface area contributed by atoms with Gasteiger partial charge in [0.1, 0.15) is 17.4 Å². The summed E-state index contributed by atoms with van der Waals surface area (Å²) in [6, 6.07) is 6.44. The van der Waals surface area contributed by atoms with Gasteiger partial charge in [0.05, 0.1) is 28.7 Å². The lowest BCUT2D eigenvalue weighted by atomic mass is 10.1. The van der Waals surface area contributed by atoms with Gasteiger partial charge in [-0.3, -0.25) is 0 Å². The first-order chi connectivity index (χ1) is 10.8. The third-order valence-electron chi connectivity index (χ3n) is 3.35. The van der Waals surface area contributed by atoms with E-state index < -0.39 is 17.4 Å². The van der Waals surface area contributed by atoms with E-state index in [0.717, 1.165) is 0 Å². The number of aromatic amines is 1. The quantitative estimate of drug-likeness (QED) is 0.780. The molecule has 0 saturated heterocycles. The first kappa shape index (κ1) is 15.0. The van der Waals surface area contributed by atoms with E-state index in [1.165, 1.54) is 17.2 Å². The monoisotopic (exact) mass is 320 g/mol. The lowest BCUT2D eigenvalue weighted by Crippen LogP contribution is -2.17. The van der Waals surface area contributed by atoms with Crippen molar-refractivity contribution in [2.75, 3.05) is 19.0 Å². The van der Waals surface area contributed by atoms with Crippen molar-refractivity contribution in [2.45, 2.75) is 6.18 Å². The van der Waals surface area contributed by atoms with Crippen LogP contribution in [-0.4, -0.2) is 24.1 Å². The molecule has 0 unspecified atom stereocenters. The Balaban J connectivity index is 2.38. The van der Waals surface area contributed by atoms with Gasteiger partial charge in [0, 0.05) is 14.1 Å². The third-order valence-corrected chi connectivity index (χ3v) is 3.35. The molecule has 8 heteroatoms. The average Bonchev–Trinajstić information content (AvgIpc) is 3.12. The van der Waals surface area contributed by atoms with E-state index in [0.29, 0.717) is 17.0 Å². The molecule has 0 spiro atoms. The fourth-order valence-corrected chi connectivity index (χ4v) is 2.45. The summed E-state index contributed by atoms with van der Waals surface area (Å²) in [6.07, 6.45) is -3.25. The molecule has 0 radical (unpaired) electrons. The number of nitrogens with zero attached hydrogens (tertiary/aromatic N) is 3. The predicted octanol–water partition coefficient (Wildman–Crippen LogP) is 3.78. The Kier molecular flexibility index (Phi) is 3.29. The largest absolute Gasteiger partial charge is 0.463 e. The van der Waals surface area contributed by atoms with Crippen molar-refractivity contribution in [1.82, 2.24) is 9.97 Å². The molecule has 0 atom stereocenters. The molecule has 3 aromatic rings. The summed E-state index contributed by atoms with van der Waals surface area (Å²) in [5.41, 5.74) is -0.604. The summed E-state index contributed by atoms with van der Waals surface area (Å²) in [7, 11) is 3.15. The van der Waals surface area contributed by atoms with Crippen LogP contribution in [0.15, 0.2) is 28.9 Å². The fraction of sp³-hybridized carbons (Fsp3) is 0.200. The molecule has 23 heavy (non-hydrogen) atoms. The van der Waals surface area contributed by atoms with Crippen LogP contribution in [0.4, 0.5) is 18.9 Å². The van der Waals surface area contributed by atoms with Crippen molar-refractivity contribution in [3.8, 4) is 17.5 Å². The van der Waals surface area contributed by atoms with Crippen LogP contribution >= 0.6 is 0 Å². The Morgan fingerprint density at radius 2 is 2.09 bits per heavy atom. The Labute approximate surface area is 129 Å². The molecular formula is C15H11F3N4O. The van der Waals surface area contributed by atoms with E-state index in [9.17, 15) is 18.4 Å². The van der Waals surface area contributed by atoms with Crippen molar-refractivity contribution in [3.05, 3.63) is 35.7 Å². The minimum Gasteiger partial charge on any atom is -0.463 e. The highest BCUT2D eigenvalue weighted by Crippen LogP contribution is 2.39. The number of hydrogen-bond donors (Lipinski definition) is 1. The second-order valence-electron chi connectivity index (χ2n) is 5.11. The van der Waals surface area contributed by atoms with Gasteiger partial charge >= 0.3 is 6.18 Å². The molecule has 5 nitrogen and oxygen atoms in total. The van der Waals surface area contributed by atoms with E-state index in [1.807, 2.05) is 0 Å². The van der Waals surface area contributed by atoms with Crippen LogP contribution in [0.1, 0.15) is 11.3 Å². The lowest BCUT2D eigenvalue weighted by molar-refractivity contribution is -0.141. The number of nitriles is 1. The first-order valence-electron chi connectivity index (χ1n) is 6.58. The Hall–Kier alpha value is -2.95. The second kappa shape index (κ2) is 5.05. The van der Waals surface area contributed by atoms with Gasteiger partial charge in [-0.05, 0) is 18.2 Å². The number of pyridine rings is 1. The number of fused-ring (bicyclic) bond motifs is 1. The number of furan rings is 1. The van der Waals surface area contributed by atoms with Gasteiger partial charge in [-0.1, -0.05) is 0 Å². The van der Waals surface area contributed by atoms with Crippen LogP contribution in [0, 0.1) is 11.3 Å². The summed E-state index contributed by atoms with van der Waals surface area (Å²) in [4.78, 5) is 8.09. The van der Waals surface area contributed by atoms with Crippen molar-refractivity contribution in [2.24, 2.45) is 0 Å². The van der Waals surface area contributed by atoms with Crippen molar-refractivity contribution >= 4 is 16.7 Å². The topological polar surface area (TPSA) is 68.8 Å². The zero-order valence-corrected chi connectivity index (χ0v) is 12.2. The molecule has 0 aromatic carbocycles. The maximum atomic E-state index is 13.2. The highest BCUT2D eigenvalue weighted by atomic mass is 19.4. The van der Waals surface area contributed by atoms with Crippen molar-refractivity contribution in [3.63, 3.8) is 0 Å². The summed E-state index contributed by atoms with van der Waals surface area (Å²) >= 11 is 0. The molecule has 0 saturated carbocycles. The molecule has 3 rings (SSSR count). The maximum Gasteiger partial charge on any atom is 0.434 e. The third kappa shape index (κ3) is 2.40. The van der Waals surface area contributed by atoms with Gasteiger partial charge < -0.3 is 14.3 Å². The van der Waals surface area contributed by atoms with E-state index in [-0.39, 0.29) is 11.2 Å². The summed E-state index contributed by atoms with van der Waals surface area (Å²) in [5.74, 6) is 0.472. The Morgan fingerprint density at radius 3 is 2.61 bits per heavy atom. The highest BCUT2D eigenvalue weighted by molar-refractivity contribution is 5.95. The van der Waals surface area contributed by atoms with Gasteiger partial charge in [-0.2, -0.15) is 18.4 Å².